The Hall–Kier alpha value is -0.710. The monoisotopic (exact) mass is 264 g/mol. The van der Waals surface area contributed by atoms with E-state index in [1.165, 1.54) is 0 Å². The molecule has 0 fully saturated rings. The number of ether oxygens (including phenoxy) is 2. The van der Waals surface area contributed by atoms with Gasteiger partial charge in [-0.05, 0) is 27.7 Å². The van der Waals surface area contributed by atoms with Crippen LogP contribution in [0.2, 0.25) is 0 Å². The molecule has 2 N–H and O–H groups in total. The van der Waals surface area contributed by atoms with E-state index in [4.69, 9.17) is 9.47 Å². The molecule has 0 aliphatic heterocycles. The van der Waals surface area contributed by atoms with Gasteiger partial charge in [0, 0.05) is 8.88 Å². The number of nitrogens with one attached hydrogen (secondary N) is 2. The van der Waals surface area contributed by atoms with Crippen LogP contribution in [0.15, 0.2) is 0 Å². The van der Waals surface area contributed by atoms with E-state index >= 15 is 0 Å². The van der Waals surface area contributed by atoms with E-state index in [1.807, 2.05) is 0 Å². The van der Waals surface area contributed by atoms with Gasteiger partial charge in [0.15, 0.2) is 0 Å². The second kappa shape index (κ2) is 9.33. The van der Waals surface area contributed by atoms with E-state index < -0.39 is 12.1 Å². The summed E-state index contributed by atoms with van der Waals surface area (Å²) in [5, 5.41) is 5.86. The molecular weight excluding hydrogens is 243 g/mol. The summed E-state index contributed by atoms with van der Waals surface area (Å²) in [6.45, 7) is 7.66. The number of rotatable bonds is 8. The van der Waals surface area contributed by atoms with Gasteiger partial charge in [-0.1, -0.05) is 0 Å². The normalized spacial score (nSPS) is 13.9. The Morgan fingerprint density at radius 1 is 1.00 bits per heavy atom. The van der Waals surface area contributed by atoms with Crippen molar-refractivity contribution in [2.45, 2.75) is 39.8 Å². The zero-order valence-electron chi connectivity index (χ0n) is 10.7. The van der Waals surface area contributed by atoms with Gasteiger partial charge in [-0.3, -0.25) is 19.8 Å². The van der Waals surface area contributed by atoms with Gasteiger partial charge in [-0.25, -0.2) is 0 Å². The Kier molecular flexibility index (Phi) is 8.94. The zero-order chi connectivity index (χ0) is 13.3. The zero-order valence-corrected chi connectivity index (χ0v) is 11.7. The molecule has 0 spiro atoms. The van der Waals surface area contributed by atoms with E-state index in [9.17, 15) is 9.59 Å². The van der Waals surface area contributed by atoms with E-state index in [1.54, 1.807) is 27.7 Å². The first-order chi connectivity index (χ1) is 8.02. The third-order valence-corrected chi connectivity index (χ3v) is 3.01. The predicted molar refractivity (Wildman–Crippen MR) is 66.8 cm³/mol. The molecule has 0 amide bonds. The van der Waals surface area contributed by atoms with Gasteiger partial charge in [-0.15, -0.1) is 0 Å². The lowest BCUT2D eigenvalue weighted by molar-refractivity contribution is -0.145. The van der Waals surface area contributed by atoms with Gasteiger partial charge < -0.3 is 9.47 Å². The minimum atomic E-state index is -0.393. The summed E-state index contributed by atoms with van der Waals surface area (Å²) in [5.74, 6) is -0.601. The fraction of sp³-hybridized carbons (Fsp3) is 0.800. The topological polar surface area (TPSA) is 76.7 Å². The third kappa shape index (κ3) is 7.26. The standard InChI is InChI=1S/C10H21N2O4P/c1-5-15-9(13)7(3)11-17-12-8(4)10(14)16-6-2/h7-8,11-12,17H,5-6H2,1-4H3/t7-,8-/m0/s1. The molecule has 0 aromatic rings. The molecule has 0 saturated heterocycles. The van der Waals surface area contributed by atoms with Crippen molar-refractivity contribution in [2.24, 2.45) is 0 Å². The van der Waals surface area contributed by atoms with Gasteiger partial charge in [0.1, 0.15) is 12.1 Å². The van der Waals surface area contributed by atoms with E-state index in [0.29, 0.717) is 13.2 Å². The highest BCUT2D eigenvalue weighted by Crippen LogP contribution is 2.03. The number of carbonyl (C=O) groups excluding carboxylic acids is 2. The second-order valence-corrected chi connectivity index (χ2v) is 4.19. The van der Waals surface area contributed by atoms with E-state index in [0.717, 1.165) is 0 Å². The molecule has 0 radical (unpaired) electrons. The van der Waals surface area contributed by atoms with Crippen molar-refractivity contribution < 1.29 is 19.1 Å². The van der Waals surface area contributed by atoms with Crippen molar-refractivity contribution in [2.75, 3.05) is 13.2 Å². The molecule has 7 heteroatoms. The first-order valence-electron chi connectivity index (χ1n) is 5.62. The maximum absolute atomic E-state index is 11.3. The van der Waals surface area contributed by atoms with E-state index in [2.05, 4.69) is 10.2 Å². The Morgan fingerprint density at radius 2 is 1.35 bits per heavy atom. The van der Waals surface area contributed by atoms with E-state index in [-0.39, 0.29) is 20.8 Å². The third-order valence-electron chi connectivity index (χ3n) is 1.86. The van der Waals surface area contributed by atoms with Crippen LogP contribution in [0.25, 0.3) is 0 Å². The molecule has 2 atom stereocenters. The minimum Gasteiger partial charge on any atom is -0.465 e. The molecular formula is C10H21N2O4P. The van der Waals surface area contributed by atoms with Crippen LogP contribution in [0.1, 0.15) is 27.7 Å². The van der Waals surface area contributed by atoms with Crippen LogP contribution >= 0.6 is 8.88 Å². The summed E-state index contributed by atoms with van der Waals surface area (Å²) in [6, 6.07) is -0.787. The lowest BCUT2D eigenvalue weighted by Crippen LogP contribution is -2.36. The highest BCUT2D eigenvalue weighted by atomic mass is 31.1. The summed E-state index contributed by atoms with van der Waals surface area (Å²) in [7, 11) is 0.0857. The van der Waals surface area contributed by atoms with Gasteiger partial charge in [-0.2, -0.15) is 0 Å². The van der Waals surface area contributed by atoms with Crippen LogP contribution in [0.3, 0.4) is 0 Å². The van der Waals surface area contributed by atoms with Gasteiger partial charge in [0.2, 0.25) is 0 Å². The van der Waals surface area contributed by atoms with Crippen molar-refractivity contribution in [1.29, 1.82) is 0 Å². The summed E-state index contributed by atoms with van der Waals surface area (Å²) in [5.41, 5.74) is 0. The fourth-order valence-electron chi connectivity index (χ4n) is 0.911. The highest BCUT2D eigenvalue weighted by molar-refractivity contribution is 7.33. The fourth-order valence-corrected chi connectivity index (χ4v) is 1.66. The van der Waals surface area contributed by atoms with Crippen LogP contribution < -0.4 is 10.2 Å². The molecule has 6 nitrogen and oxygen atoms in total. The molecule has 0 aromatic heterocycles. The molecule has 0 aliphatic rings. The molecule has 0 bridgehead atoms. The summed E-state index contributed by atoms with van der Waals surface area (Å²) < 4.78 is 9.66. The van der Waals surface area contributed by atoms with Crippen LogP contribution in [0.4, 0.5) is 0 Å². The molecule has 0 unspecified atom stereocenters. The SMILES string of the molecule is CCOC(=O)[C@H](C)NPN[C@@H](C)C(=O)OCC. The first kappa shape index (κ1) is 16.3. The van der Waals surface area contributed by atoms with Crippen LogP contribution in [0.5, 0.6) is 0 Å². The minimum absolute atomic E-state index is 0.0857. The average molecular weight is 264 g/mol. The quantitative estimate of drug-likeness (QED) is 0.493. The van der Waals surface area contributed by atoms with Crippen LogP contribution in [0, 0.1) is 0 Å². The number of hydrogen-bond acceptors (Lipinski definition) is 6. The lowest BCUT2D eigenvalue weighted by atomic mass is 10.4. The molecule has 0 aromatic carbocycles. The maximum atomic E-state index is 11.3. The second-order valence-electron chi connectivity index (χ2n) is 3.36. The lowest BCUT2D eigenvalue weighted by Gasteiger charge is -2.15. The van der Waals surface area contributed by atoms with Crippen molar-refractivity contribution in [3.05, 3.63) is 0 Å². The predicted octanol–water partition coefficient (Wildman–Crippen LogP) is 0.577. The summed E-state index contributed by atoms with van der Waals surface area (Å²) in [4.78, 5) is 22.5. The summed E-state index contributed by atoms with van der Waals surface area (Å²) >= 11 is 0. The maximum Gasteiger partial charge on any atom is 0.323 e. The molecule has 0 saturated carbocycles. The largest absolute Gasteiger partial charge is 0.465 e. The van der Waals surface area contributed by atoms with Crippen molar-refractivity contribution >= 4 is 20.8 Å². The molecule has 0 heterocycles. The van der Waals surface area contributed by atoms with Crippen LogP contribution in [-0.2, 0) is 19.1 Å². The smallest absolute Gasteiger partial charge is 0.323 e. The Labute approximate surface area is 104 Å². The molecule has 17 heavy (non-hydrogen) atoms. The number of carbonyl (C=O) groups is 2. The van der Waals surface area contributed by atoms with Gasteiger partial charge >= 0.3 is 11.9 Å². The molecule has 0 aliphatic carbocycles. The van der Waals surface area contributed by atoms with Crippen molar-refractivity contribution in [3.8, 4) is 0 Å². The molecule has 100 valence electrons. The van der Waals surface area contributed by atoms with Crippen molar-refractivity contribution in [1.82, 2.24) is 10.2 Å². The van der Waals surface area contributed by atoms with Gasteiger partial charge in [0.25, 0.3) is 0 Å². The van der Waals surface area contributed by atoms with Crippen LogP contribution in [-0.4, -0.2) is 37.2 Å². The average Bonchev–Trinajstić information content (AvgIpc) is 2.29. The Balaban J connectivity index is 3.75. The van der Waals surface area contributed by atoms with Crippen molar-refractivity contribution in [3.63, 3.8) is 0 Å². The number of esters is 2. The first-order valence-corrected chi connectivity index (χ1v) is 6.62. The Morgan fingerprint density at radius 3 is 1.65 bits per heavy atom. The highest BCUT2D eigenvalue weighted by Gasteiger charge is 2.15. The summed E-state index contributed by atoms with van der Waals surface area (Å²) in [6.07, 6.45) is 0. The molecule has 0 rings (SSSR count). The Bertz CT molecular complexity index is 226. The number of hydrogen-bond donors (Lipinski definition) is 2. The van der Waals surface area contributed by atoms with Gasteiger partial charge in [0.05, 0.1) is 13.2 Å².